The zero-order valence-corrected chi connectivity index (χ0v) is 12.5. The van der Waals surface area contributed by atoms with E-state index in [0.717, 1.165) is 18.8 Å². The largest absolute Gasteiger partial charge is 0.492 e. The fraction of sp³-hybridized carbons (Fsp3) is 0.500. The van der Waals surface area contributed by atoms with Crippen LogP contribution in [0, 0.1) is 0 Å². The van der Waals surface area contributed by atoms with Crippen LogP contribution in [0.3, 0.4) is 0 Å². The number of aliphatic imine (C=N–C) groups is 1. The Labute approximate surface area is 125 Å². The summed E-state index contributed by atoms with van der Waals surface area (Å²) >= 11 is 5.86. The molecule has 5 nitrogen and oxygen atoms in total. The monoisotopic (exact) mass is 299 g/mol. The van der Waals surface area contributed by atoms with E-state index in [4.69, 9.17) is 26.8 Å². The molecule has 0 aliphatic heterocycles. The molecule has 0 amide bonds. The van der Waals surface area contributed by atoms with Gasteiger partial charge in [-0.05, 0) is 31.5 Å². The van der Waals surface area contributed by atoms with E-state index in [9.17, 15) is 0 Å². The average molecular weight is 300 g/mol. The molecule has 0 unspecified atom stereocenters. The fourth-order valence-electron chi connectivity index (χ4n) is 1.47. The molecule has 0 heterocycles. The van der Waals surface area contributed by atoms with E-state index in [-0.39, 0.29) is 0 Å². The zero-order chi connectivity index (χ0) is 14.6. The summed E-state index contributed by atoms with van der Waals surface area (Å²) < 4.78 is 10.7. The molecule has 0 saturated carbocycles. The second-order valence-corrected chi connectivity index (χ2v) is 4.49. The van der Waals surface area contributed by atoms with Crippen LogP contribution in [0.4, 0.5) is 0 Å². The molecular weight excluding hydrogens is 278 g/mol. The SMILES string of the molecule is CCOCCCN=C(N)NCCOc1cccc(Cl)c1. The molecule has 6 heteroatoms. The minimum atomic E-state index is 0.427. The number of benzene rings is 1. The maximum Gasteiger partial charge on any atom is 0.188 e. The molecule has 0 radical (unpaired) electrons. The van der Waals surface area contributed by atoms with Crippen molar-refractivity contribution in [1.29, 1.82) is 0 Å². The zero-order valence-electron chi connectivity index (χ0n) is 11.8. The molecule has 20 heavy (non-hydrogen) atoms. The van der Waals surface area contributed by atoms with Crippen LogP contribution in [-0.4, -0.2) is 38.9 Å². The highest BCUT2D eigenvalue weighted by molar-refractivity contribution is 6.30. The van der Waals surface area contributed by atoms with Crippen LogP contribution < -0.4 is 15.8 Å². The van der Waals surface area contributed by atoms with Crippen LogP contribution in [-0.2, 0) is 4.74 Å². The van der Waals surface area contributed by atoms with Gasteiger partial charge in [0, 0.05) is 24.8 Å². The lowest BCUT2D eigenvalue weighted by atomic mass is 10.3. The molecule has 1 aromatic carbocycles. The van der Waals surface area contributed by atoms with Gasteiger partial charge >= 0.3 is 0 Å². The molecule has 3 N–H and O–H groups in total. The molecule has 0 fully saturated rings. The minimum absolute atomic E-state index is 0.427. The van der Waals surface area contributed by atoms with Crippen LogP contribution >= 0.6 is 11.6 Å². The number of nitrogens with two attached hydrogens (primary N) is 1. The molecule has 0 aromatic heterocycles. The van der Waals surface area contributed by atoms with Gasteiger partial charge in [0.2, 0.25) is 0 Å². The third-order valence-electron chi connectivity index (χ3n) is 2.41. The third kappa shape index (κ3) is 7.86. The van der Waals surface area contributed by atoms with Gasteiger partial charge in [-0.3, -0.25) is 4.99 Å². The molecule has 0 spiro atoms. The number of hydrogen-bond donors (Lipinski definition) is 2. The second kappa shape index (κ2) is 10.3. The number of rotatable bonds is 9. The van der Waals surface area contributed by atoms with Gasteiger partial charge in [-0.2, -0.15) is 0 Å². The predicted octanol–water partition coefficient (Wildman–Crippen LogP) is 2.05. The average Bonchev–Trinajstić information content (AvgIpc) is 2.43. The van der Waals surface area contributed by atoms with Gasteiger partial charge in [-0.25, -0.2) is 0 Å². The van der Waals surface area contributed by atoms with Crippen molar-refractivity contribution < 1.29 is 9.47 Å². The molecule has 1 rings (SSSR count). The van der Waals surface area contributed by atoms with Crippen LogP contribution in [0.2, 0.25) is 5.02 Å². The third-order valence-corrected chi connectivity index (χ3v) is 2.64. The van der Waals surface area contributed by atoms with Gasteiger partial charge in [0.05, 0.1) is 6.54 Å². The first-order valence-corrected chi connectivity index (χ1v) is 7.10. The number of nitrogens with one attached hydrogen (secondary N) is 1. The van der Waals surface area contributed by atoms with Gasteiger partial charge < -0.3 is 20.5 Å². The molecule has 1 aromatic rings. The Morgan fingerprint density at radius 1 is 1.40 bits per heavy atom. The quantitative estimate of drug-likeness (QED) is 0.416. The van der Waals surface area contributed by atoms with E-state index in [0.29, 0.717) is 37.3 Å². The van der Waals surface area contributed by atoms with Crippen molar-refractivity contribution in [2.75, 3.05) is 32.9 Å². The van der Waals surface area contributed by atoms with Gasteiger partial charge in [0.1, 0.15) is 12.4 Å². The molecule has 0 atom stereocenters. The molecule has 0 aliphatic rings. The summed E-state index contributed by atoms with van der Waals surface area (Å²) in [7, 11) is 0. The van der Waals surface area contributed by atoms with Gasteiger partial charge in [0.25, 0.3) is 0 Å². The van der Waals surface area contributed by atoms with E-state index in [2.05, 4.69) is 10.3 Å². The predicted molar refractivity (Wildman–Crippen MR) is 82.5 cm³/mol. The van der Waals surface area contributed by atoms with E-state index >= 15 is 0 Å². The molecular formula is C14H22ClN3O2. The Kier molecular flexibility index (Phi) is 8.58. The highest BCUT2D eigenvalue weighted by Gasteiger charge is 1.95. The summed E-state index contributed by atoms with van der Waals surface area (Å²) in [4.78, 5) is 4.18. The normalized spacial score (nSPS) is 11.4. The lowest BCUT2D eigenvalue weighted by Gasteiger charge is -2.08. The van der Waals surface area contributed by atoms with Crippen LogP contribution in [0.5, 0.6) is 5.75 Å². The Morgan fingerprint density at radius 2 is 2.25 bits per heavy atom. The Bertz CT molecular complexity index is 413. The summed E-state index contributed by atoms with van der Waals surface area (Å²) in [5.41, 5.74) is 5.71. The second-order valence-electron chi connectivity index (χ2n) is 4.05. The summed E-state index contributed by atoms with van der Waals surface area (Å²) in [5, 5.41) is 3.65. The molecule has 0 aliphatic carbocycles. The van der Waals surface area contributed by atoms with Crippen molar-refractivity contribution in [2.45, 2.75) is 13.3 Å². The van der Waals surface area contributed by atoms with E-state index in [1.807, 2.05) is 19.1 Å². The van der Waals surface area contributed by atoms with Crippen molar-refractivity contribution in [3.05, 3.63) is 29.3 Å². The van der Waals surface area contributed by atoms with Crippen LogP contribution in [0.15, 0.2) is 29.3 Å². The van der Waals surface area contributed by atoms with Crippen LogP contribution in [0.25, 0.3) is 0 Å². The lowest BCUT2D eigenvalue weighted by Crippen LogP contribution is -2.34. The summed E-state index contributed by atoms with van der Waals surface area (Å²) in [5.74, 6) is 1.17. The van der Waals surface area contributed by atoms with Crippen molar-refractivity contribution >= 4 is 17.6 Å². The molecule has 112 valence electrons. The van der Waals surface area contributed by atoms with Crippen LogP contribution in [0.1, 0.15) is 13.3 Å². The maximum absolute atomic E-state index is 5.86. The fourth-order valence-corrected chi connectivity index (χ4v) is 1.65. The van der Waals surface area contributed by atoms with Gasteiger partial charge in [-0.15, -0.1) is 0 Å². The first kappa shape index (κ1) is 16.6. The van der Waals surface area contributed by atoms with Crippen molar-refractivity contribution in [3.8, 4) is 5.75 Å². The number of halogens is 1. The molecule has 0 saturated heterocycles. The summed E-state index contributed by atoms with van der Waals surface area (Å²) in [6, 6.07) is 7.28. The van der Waals surface area contributed by atoms with Crippen molar-refractivity contribution in [3.63, 3.8) is 0 Å². The summed E-state index contributed by atoms with van der Waals surface area (Å²) in [6.07, 6.45) is 0.870. The van der Waals surface area contributed by atoms with E-state index in [1.165, 1.54) is 0 Å². The Balaban J connectivity index is 2.09. The van der Waals surface area contributed by atoms with Gasteiger partial charge in [-0.1, -0.05) is 17.7 Å². The lowest BCUT2D eigenvalue weighted by molar-refractivity contribution is 0.146. The Morgan fingerprint density at radius 3 is 3.00 bits per heavy atom. The smallest absolute Gasteiger partial charge is 0.188 e. The Hall–Kier alpha value is -1.46. The summed E-state index contributed by atoms with van der Waals surface area (Å²) in [6.45, 7) is 5.17. The maximum atomic E-state index is 5.86. The van der Waals surface area contributed by atoms with Crippen molar-refractivity contribution in [2.24, 2.45) is 10.7 Å². The standard InChI is InChI=1S/C14H22ClN3O2/c1-2-19-9-4-7-17-14(16)18-8-10-20-13-6-3-5-12(15)11-13/h3,5-6,11H,2,4,7-10H2,1H3,(H3,16,17,18). The van der Waals surface area contributed by atoms with E-state index < -0.39 is 0 Å². The first-order valence-electron chi connectivity index (χ1n) is 6.72. The number of guanidine groups is 1. The first-order chi connectivity index (χ1) is 9.72. The van der Waals surface area contributed by atoms with Gasteiger partial charge in [0.15, 0.2) is 5.96 Å². The highest BCUT2D eigenvalue weighted by atomic mass is 35.5. The van der Waals surface area contributed by atoms with Crippen molar-refractivity contribution in [1.82, 2.24) is 5.32 Å². The minimum Gasteiger partial charge on any atom is -0.492 e. The molecule has 0 bridgehead atoms. The number of hydrogen-bond acceptors (Lipinski definition) is 3. The van der Waals surface area contributed by atoms with E-state index in [1.54, 1.807) is 12.1 Å². The highest BCUT2D eigenvalue weighted by Crippen LogP contribution is 2.16. The number of nitrogens with zero attached hydrogens (tertiary/aromatic N) is 1. The topological polar surface area (TPSA) is 68.9 Å². The number of ether oxygens (including phenoxy) is 2.